The van der Waals surface area contributed by atoms with Gasteiger partial charge in [-0.25, -0.2) is 0 Å². The molecule has 1 fully saturated rings. The highest BCUT2D eigenvalue weighted by Crippen LogP contribution is 2.21. The van der Waals surface area contributed by atoms with Gasteiger partial charge in [-0.15, -0.1) is 0 Å². The van der Waals surface area contributed by atoms with E-state index in [1.165, 1.54) is 9.13 Å². The minimum Gasteiger partial charge on any atom is -0.309 e. The number of nitrogens with zero attached hydrogens (tertiary/aromatic N) is 2. The SMILES string of the molecule is CN(C)CC1CCC(=NCc2ccccc2I)CC1=O. The van der Waals surface area contributed by atoms with Crippen LogP contribution in [-0.2, 0) is 11.3 Å². The van der Waals surface area contributed by atoms with Gasteiger partial charge in [0.15, 0.2) is 0 Å². The van der Waals surface area contributed by atoms with E-state index in [0.717, 1.165) is 25.1 Å². The standard InChI is InChI=1S/C16H21IN2O/c1-19(2)11-13-7-8-14(9-16(13)20)18-10-12-5-3-4-6-15(12)17/h3-6,13H,7-11H2,1-2H3. The van der Waals surface area contributed by atoms with Crippen molar-refractivity contribution in [2.45, 2.75) is 25.8 Å². The summed E-state index contributed by atoms with van der Waals surface area (Å²) in [6, 6.07) is 8.27. The van der Waals surface area contributed by atoms with E-state index in [1.807, 2.05) is 26.2 Å². The average molecular weight is 384 g/mol. The molecule has 0 aromatic heterocycles. The first-order valence-electron chi connectivity index (χ1n) is 6.99. The summed E-state index contributed by atoms with van der Waals surface area (Å²) in [4.78, 5) is 18.9. The molecule has 0 N–H and O–H groups in total. The third-order valence-corrected chi connectivity index (χ3v) is 4.68. The second-order valence-electron chi connectivity index (χ2n) is 5.61. The monoisotopic (exact) mass is 384 g/mol. The molecule has 0 heterocycles. The molecule has 1 unspecified atom stereocenters. The number of benzene rings is 1. The normalized spacial score (nSPS) is 21.7. The van der Waals surface area contributed by atoms with Crippen molar-refractivity contribution < 1.29 is 4.79 Å². The van der Waals surface area contributed by atoms with Gasteiger partial charge in [0.2, 0.25) is 0 Å². The third-order valence-electron chi connectivity index (χ3n) is 3.63. The Morgan fingerprint density at radius 3 is 2.75 bits per heavy atom. The van der Waals surface area contributed by atoms with E-state index in [2.05, 4.69) is 44.6 Å². The van der Waals surface area contributed by atoms with Crippen molar-refractivity contribution in [1.82, 2.24) is 4.90 Å². The maximum Gasteiger partial charge on any atom is 0.142 e. The Hall–Kier alpha value is -0.750. The van der Waals surface area contributed by atoms with Crippen molar-refractivity contribution in [3.8, 4) is 0 Å². The average Bonchev–Trinajstić information content (AvgIpc) is 2.40. The Bertz CT molecular complexity index is 511. The van der Waals surface area contributed by atoms with Gasteiger partial charge < -0.3 is 4.90 Å². The molecular formula is C16H21IN2O. The van der Waals surface area contributed by atoms with E-state index in [0.29, 0.717) is 18.7 Å². The van der Waals surface area contributed by atoms with Crippen LogP contribution in [0.15, 0.2) is 29.3 Å². The zero-order valence-corrected chi connectivity index (χ0v) is 14.3. The minimum absolute atomic E-state index is 0.195. The molecule has 0 spiro atoms. The van der Waals surface area contributed by atoms with Crippen LogP contribution in [0.25, 0.3) is 0 Å². The first-order chi connectivity index (χ1) is 9.56. The summed E-state index contributed by atoms with van der Waals surface area (Å²) in [6.07, 6.45) is 2.46. The Morgan fingerprint density at radius 1 is 1.35 bits per heavy atom. The Balaban J connectivity index is 1.94. The van der Waals surface area contributed by atoms with Gasteiger partial charge in [-0.2, -0.15) is 0 Å². The van der Waals surface area contributed by atoms with Crippen molar-refractivity contribution in [3.05, 3.63) is 33.4 Å². The van der Waals surface area contributed by atoms with Gasteiger partial charge in [0.25, 0.3) is 0 Å². The first-order valence-corrected chi connectivity index (χ1v) is 8.07. The van der Waals surface area contributed by atoms with E-state index in [9.17, 15) is 4.79 Å². The highest BCUT2D eigenvalue weighted by molar-refractivity contribution is 14.1. The highest BCUT2D eigenvalue weighted by atomic mass is 127. The van der Waals surface area contributed by atoms with Gasteiger partial charge in [-0.3, -0.25) is 9.79 Å². The fraction of sp³-hybridized carbons (Fsp3) is 0.500. The molecule has 1 aromatic carbocycles. The second-order valence-corrected chi connectivity index (χ2v) is 6.78. The summed E-state index contributed by atoms with van der Waals surface area (Å²) in [6.45, 7) is 1.56. The number of Topliss-reactive ketones (excluding diaryl/α,β-unsaturated/α-hetero) is 1. The second kappa shape index (κ2) is 7.31. The topological polar surface area (TPSA) is 32.7 Å². The molecule has 1 aliphatic rings. The number of ketones is 1. The number of aliphatic imine (C=N–C) groups is 1. The molecule has 1 atom stereocenters. The number of rotatable bonds is 4. The van der Waals surface area contributed by atoms with Crippen molar-refractivity contribution >= 4 is 34.1 Å². The molecule has 20 heavy (non-hydrogen) atoms. The zero-order valence-electron chi connectivity index (χ0n) is 12.1. The lowest BCUT2D eigenvalue weighted by Gasteiger charge is -2.24. The maximum atomic E-state index is 12.1. The smallest absolute Gasteiger partial charge is 0.142 e. The summed E-state index contributed by atoms with van der Waals surface area (Å²) in [5.41, 5.74) is 2.31. The van der Waals surface area contributed by atoms with Gasteiger partial charge in [-0.1, -0.05) is 18.2 Å². The van der Waals surface area contributed by atoms with Gasteiger partial charge in [0.1, 0.15) is 5.78 Å². The number of carbonyl (C=O) groups is 1. The number of carbonyl (C=O) groups excluding carboxylic acids is 1. The van der Waals surface area contributed by atoms with E-state index < -0.39 is 0 Å². The number of halogens is 1. The van der Waals surface area contributed by atoms with Crippen LogP contribution in [0.1, 0.15) is 24.8 Å². The molecule has 0 bridgehead atoms. The van der Waals surface area contributed by atoms with Gasteiger partial charge in [-0.05, 0) is 61.2 Å². The molecule has 2 rings (SSSR count). The molecule has 3 nitrogen and oxygen atoms in total. The summed E-state index contributed by atoms with van der Waals surface area (Å²) < 4.78 is 1.24. The lowest BCUT2D eigenvalue weighted by atomic mass is 9.86. The van der Waals surface area contributed by atoms with Crippen molar-refractivity contribution in [2.75, 3.05) is 20.6 Å². The lowest BCUT2D eigenvalue weighted by molar-refractivity contribution is -0.122. The van der Waals surface area contributed by atoms with E-state index in [-0.39, 0.29) is 5.92 Å². The maximum absolute atomic E-state index is 12.1. The molecule has 0 amide bonds. The third kappa shape index (κ3) is 4.38. The highest BCUT2D eigenvalue weighted by Gasteiger charge is 2.25. The predicted octanol–water partition coefficient (Wildman–Crippen LogP) is 3.16. The molecule has 0 aliphatic heterocycles. The fourth-order valence-corrected chi connectivity index (χ4v) is 3.09. The van der Waals surface area contributed by atoms with Crippen LogP contribution in [0.4, 0.5) is 0 Å². The van der Waals surface area contributed by atoms with E-state index in [1.54, 1.807) is 0 Å². The van der Waals surface area contributed by atoms with Crippen LogP contribution in [0, 0.1) is 9.49 Å². The van der Waals surface area contributed by atoms with Gasteiger partial charge in [0, 0.05) is 28.2 Å². The minimum atomic E-state index is 0.195. The molecule has 1 aromatic rings. The van der Waals surface area contributed by atoms with Crippen molar-refractivity contribution in [1.29, 1.82) is 0 Å². The van der Waals surface area contributed by atoms with Crippen molar-refractivity contribution in [2.24, 2.45) is 10.9 Å². The molecule has 0 saturated heterocycles. The summed E-state index contributed by atoms with van der Waals surface area (Å²) >= 11 is 2.33. The van der Waals surface area contributed by atoms with Crippen molar-refractivity contribution in [3.63, 3.8) is 0 Å². The van der Waals surface area contributed by atoms with E-state index >= 15 is 0 Å². The number of hydrogen-bond donors (Lipinski definition) is 0. The molecular weight excluding hydrogens is 363 g/mol. The summed E-state index contributed by atoms with van der Waals surface area (Å²) in [7, 11) is 4.04. The van der Waals surface area contributed by atoms with E-state index in [4.69, 9.17) is 0 Å². The van der Waals surface area contributed by atoms with Crippen LogP contribution in [0.5, 0.6) is 0 Å². The predicted molar refractivity (Wildman–Crippen MR) is 91.2 cm³/mol. The largest absolute Gasteiger partial charge is 0.309 e. The fourth-order valence-electron chi connectivity index (χ4n) is 2.53. The molecule has 1 aliphatic carbocycles. The van der Waals surface area contributed by atoms with Crippen LogP contribution < -0.4 is 0 Å². The summed E-state index contributed by atoms with van der Waals surface area (Å²) in [5.74, 6) is 0.548. The number of hydrogen-bond acceptors (Lipinski definition) is 3. The molecule has 1 saturated carbocycles. The van der Waals surface area contributed by atoms with Crippen LogP contribution in [0.3, 0.4) is 0 Å². The Morgan fingerprint density at radius 2 is 2.10 bits per heavy atom. The van der Waals surface area contributed by atoms with Crippen LogP contribution >= 0.6 is 22.6 Å². The quantitative estimate of drug-likeness (QED) is 0.748. The van der Waals surface area contributed by atoms with Crippen LogP contribution in [-0.4, -0.2) is 37.0 Å². The summed E-state index contributed by atoms with van der Waals surface area (Å²) in [5, 5.41) is 0. The zero-order chi connectivity index (χ0) is 14.5. The Labute approximate surface area is 134 Å². The van der Waals surface area contributed by atoms with Crippen LogP contribution in [0.2, 0.25) is 0 Å². The Kier molecular flexibility index (Phi) is 5.72. The molecule has 0 radical (unpaired) electrons. The first kappa shape index (κ1) is 15.6. The van der Waals surface area contributed by atoms with Gasteiger partial charge >= 0.3 is 0 Å². The lowest BCUT2D eigenvalue weighted by Crippen LogP contribution is -2.33. The molecule has 4 heteroatoms. The van der Waals surface area contributed by atoms with Gasteiger partial charge in [0.05, 0.1) is 6.54 Å². The molecule has 108 valence electrons.